The number of hydrogen-bond donors (Lipinski definition) is 2. The maximum Gasteiger partial charge on any atom is 0.422 e. The van der Waals surface area contributed by atoms with E-state index in [0.717, 1.165) is 24.8 Å². The van der Waals surface area contributed by atoms with Gasteiger partial charge in [0.2, 0.25) is 5.88 Å². The maximum atomic E-state index is 12.2. The third-order valence-electron chi connectivity index (χ3n) is 4.38. The molecule has 1 aromatic rings. The predicted octanol–water partition coefficient (Wildman–Crippen LogP) is 3.02. The van der Waals surface area contributed by atoms with Crippen molar-refractivity contribution < 1.29 is 22.6 Å². The Labute approximate surface area is 173 Å². The van der Waals surface area contributed by atoms with Gasteiger partial charge in [-0.05, 0) is 37.8 Å². The number of rotatable bonds is 6. The zero-order valence-corrected chi connectivity index (χ0v) is 17.3. The van der Waals surface area contributed by atoms with Gasteiger partial charge in [-0.2, -0.15) is 13.2 Å². The van der Waals surface area contributed by atoms with Crippen molar-refractivity contribution in [1.82, 2.24) is 15.6 Å². The summed E-state index contributed by atoms with van der Waals surface area (Å²) in [6.45, 7) is 1.64. The van der Waals surface area contributed by atoms with E-state index in [1.54, 1.807) is 6.07 Å². The molecular weight excluding hydrogens is 476 g/mol. The summed E-state index contributed by atoms with van der Waals surface area (Å²) in [6, 6.07) is 3.42. The van der Waals surface area contributed by atoms with Crippen LogP contribution < -0.4 is 15.4 Å². The maximum absolute atomic E-state index is 12.2. The lowest BCUT2D eigenvalue weighted by atomic mass is 9.96. The summed E-state index contributed by atoms with van der Waals surface area (Å²) in [6.07, 6.45) is 0.752. The summed E-state index contributed by atoms with van der Waals surface area (Å²) < 4.78 is 47.2. The molecule has 0 aromatic carbocycles. The molecule has 10 heteroatoms. The van der Waals surface area contributed by atoms with E-state index >= 15 is 0 Å². The molecule has 6 nitrogen and oxygen atoms in total. The van der Waals surface area contributed by atoms with Crippen molar-refractivity contribution in [3.63, 3.8) is 0 Å². The zero-order chi connectivity index (χ0) is 18.6. The lowest BCUT2D eigenvalue weighted by molar-refractivity contribution is -0.154. The van der Waals surface area contributed by atoms with Crippen molar-refractivity contribution in [2.45, 2.75) is 57.2 Å². The van der Waals surface area contributed by atoms with Crippen molar-refractivity contribution >= 4 is 29.9 Å². The molecule has 1 aromatic heterocycles. The quantitative estimate of drug-likeness (QED) is 0.357. The Morgan fingerprint density at radius 2 is 2.22 bits per heavy atom. The summed E-state index contributed by atoms with van der Waals surface area (Å²) in [5.41, 5.74) is 0.721. The van der Waals surface area contributed by atoms with Crippen LogP contribution >= 0.6 is 24.0 Å². The molecule has 2 bridgehead atoms. The summed E-state index contributed by atoms with van der Waals surface area (Å²) in [5, 5.41) is 6.58. The van der Waals surface area contributed by atoms with Gasteiger partial charge in [0.25, 0.3) is 0 Å². The highest BCUT2D eigenvalue weighted by Crippen LogP contribution is 2.34. The highest BCUT2D eigenvalue weighted by Gasteiger charge is 2.41. The number of nitrogens with one attached hydrogen (secondary N) is 2. The molecule has 2 aliphatic rings. The topological polar surface area (TPSA) is 67.8 Å². The molecule has 2 fully saturated rings. The SMILES string of the molecule is CCNC(=NCc1ccnc(OCC(F)(F)F)c1)NC1CC2CCC1O2.I. The molecule has 3 unspecified atom stereocenters. The molecule has 0 aliphatic carbocycles. The molecule has 3 rings (SSSR count). The van der Waals surface area contributed by atoms with Crippen LogP contribution in [0.3, 0.4) is 0 Å². The Morgan fingerprint density at radius 3 is 2.85 bits per heavy atom. The summed E-state index contributed by atoms with van der Waals surface area (Å²) in [4.78, 5) is 8.31. The van der Waals surface area contributed by atoms with Gasteiger partial charge in [-0.25, -0.2) is 9.98 Å². The average Bonchev–Trinajstić information content (AvgIpc) is 3.21. The molecule has 152 valence electrons. The molecule has 0 amide bonds. The van der Waals surface area contributed by atoms with E-state index in [9.17, 15) is 13.2 Å². The monoisotopic (exact) mass is 500 g/mol. The molecule has 2 N–H and O–H groups in total. The second kappa shape index (κ2) is 9.76. The van der Waals surface area contributed by atoms with Crippen LogP contribution in [0.1, 0.15) is 31.7 Å². The zero-order valence-electron chi connectivity index (χ0n) is 15.0. The number of pyridine rings is 1. The number of nitrogens with zero attached hydrogens (tertiary/aromatic N) is 2. The number of aliphatic imine (C=N–C) groups is 1. The first-order valence-electron chi connectivity index (χ1n) is 8.77. The second-order valence-corrected chi connectivity index (χ2v) is 6.46. The minimum absolute atomic E-state index is 0. The van der Waals surface area contributed by atoms with Crippen molar-refractivity contribution in [3.05, 3.63) is 23.9 Å². The van der Waals surface area contributed by atoms with Gasteiger partial charge in [0.05, 0.1) is 24.8 Å². The van der Waals surface area contributed by atoms with E-state index in [-0.39, 0.29) is 42.0 Å². The van der Waals surface area contributed by atoms with E-state index < -0.39 is 12.8 Å². The lowest BCUT2D eigenvalue weighted by Crippen LogP contribution is -2.47. The van der Waals surface area contributed by atoms with Crippen LogP contribution in [0.4, 0.5) is 13.2 Å². The van der Waals surface area contributed by atoms with Crippen molar-refractivity contribution in [2.24, 2.45) is 4.99 Å². The van der Waals surface area contributed by atoms with Crippen molar-refractivity contribution in [1.29, 1.82) is 0 Å². The van der Waals surface area contributed by atoms with Gasteiger partial charge in [0, 0.05) is 18.8 Å². The number of guanidine groups is 1. The Hall–Kier alpha value is -1.30. The number of hydrogen-bond acceptors (Lipinski definition) is 4. The largest absolute Gasteiger partial charge is 0.468 e. The number of halogens is 4. The minimum atomic E-state index is -4.39. The fourth-order valence-electron chi connectivity index (χ4n) is 3.24. The Balaban J connectivity index is 0.00000261. The van der Waals surface area contributed by atoms with Crippen molar-refractivity contribution in [2.75, 3.05) is 13.2 Å². The minimum Gasteiger partial charge on any atom is -0.468 e. The van der Waals surface area contributed by atoms with Crippen LogP contribution in [0.15, 0.2) is 23.3 Å². The van der Waals surface area contributed by atoms with E-state index in [1.807, 2.05) is 6.92 Å². The molecular formula is C17H24F3IN4O2. The Morgan fingerprint density at radius 1 is 1.41 bits per heavy atom. The smallest absolute Gasteiger partial charge is 0.422 e. The Bertz CT molecular complexity index is 645. The van der Waals surface area contributed by atoms with E-state index in [0.29, 0.717) is 25.2 Å². The number of fused-ring (bicyclic) bond motifs is 2. The van der Waals surface area contributed by atoms with Gasteiger partial charge < -0.3 is 20.1 Å². The number of aromatic nitrogens is 1. The normalized spacial score (nSPS) is 24.4. The average molecular weight is 500 g/mol. The van der Waals surface area contributed by atoms with Gasteiger partial charge in [-0.1, -0.05) is 0 Å². The van der Waals surface area contributed by atoms with E-state index in [4.69, 9.17) is 4.74 Å². The van der Waals surface area contributed by atoms with Gasteiger partial charge >= 0.3 is 6.18 Å². The highest BCUT2D eigenvalue weighted by atomic mass is 127. The molecule has 0 spiro atoms. The summed E-state index contributed by atoms with van der Waals surface area (Å²) in [7, 11) is 0. The van der Waals surface area contributed by atoms with E-state index in [2.05, 4.69) is 25.3 Å². The Kier molecular flexibility index (Phi) is 7.95. The molecule has 27 heavy (non-hydrogen) atoms. The van der Waals surface area contributed by atoms with E-state index in [1.165, 1.54) is 12.3 Å². The summed E-state index contributed by atoms with van der Waals surface area (Å²) in [5.74, 6) is 0.609. The van der Waals surface area contributed by atoms with Crippen LogP contribution in [-0.2, 0) is 11.3 Å². The van der Waals surface area contributed by atoms with Crippen LogP contribution in [0.25, 0.3) is 0 Å². The standard InChI is InChI=1S/C17H23F3N4O2.HI/c1-2-21-16(24-13-8-12-3-4-14(13)26-12)23-9-11-5-6-22-15(7-11)25-10-17(18,19)20;/h5-7,12-14H,2-4,8-10H2,1H3,(H2,21,23,24);1H. The first-order valence-corrected chi connectivity index (χ1v) is 8.77. The first kappa shape index (κ1) is 22.0. The molecule has 0 radical (unpaired) electrons. The lowest BCUT2D eigenvalue weighted by Gasteiger charge is -2.22. The first-order chi connectivity index (χ1) is 12.4. The van der Waals surface area contributed by atoms with Crippen LogP contribution in [0.2, 0.25) is 0 Å². The van der Waals surface area contributed by atoms with Gasteiger partial charge in [0.15, 0.2) is 12.6 Å². The predicted molar refractivity (Wildman–Crippen MR) is 105 cm³/mol. The third kappa shape index (κ3) is 6.66. The second-order valence-electron chi connectivity index (χ2n) is 6.46. The van der Waals surface area contributed by atoms with Gasteiger partial charge in [-0.15, -0.1) is 24.0 Å². The van der Waals surface area contributed by atoms with Crippen LogP contribution in [-0.4, -0.2) is 48.5 Å². The fraction of sp³-hybridized carbons (Fsp3) is 0.647. The molecule has 2 saturated heterocycles. The van der Waals surface area contributed by atoms with Crippen LogP contribution in [0, 0.1) is 0 Å². The molecule has 2 aliphatic heterocycles. The van der Waals surface area contributed by atoms with Gasteiger partial charge in [-0.3, -0.25) is 0 Å². The molecule has 3 atom stereocenters. The molecule has 0 saturated carbocycles. The number of ether oxygens (including phenoxy) is 2. The van der Waals surface area contributed by atoms with Gasteiger partial charge in [0.1, 0.15) is 0 Å². The third-order valence-corrected chi connectivity index (χ3v) is 4.38. The summed E-state index contributed by atoms with van der Waals surface area (Å²) >= 11 is 0. The molecule has 3 heterocycles. The number of alkyl halides is 3. The highest BCUT2D eigenvalue weighted by molar-refractivity contribution is 14.0. The fourth-order valence-corrected chi connectivity index (χ4v) is 3.24. The van der Waals surface area contributed by atoms with Crippen LogP contribution in [0.5, 0.6) is 5.88 Å². The van der Waals surface area contributed by atoms with Crippen molar-refractivity contribution in [3.8, 4) is 5.88 Å².